The Balaban J connectivity index is 2.60. The van der Waals surface area contributed by atoms with Crippen molar-refractivity contribution in [3.8, 4) is 11.1 Å². The summed E-state index contributed by atoms with van der Waals surface area (Å²) in [6, 6.07) is 9.29. The number of benzene rings is 2. The summed E-state index contributed by atoms with van der Waals surface area (Å²) in [6.45, 7) is 3.39. The summed E-state index contributed by atoms with van der Waals surface area (Å²) in [6.07, 6.45) is 1.13. The second kappa shape index (κ2) is 6.60. The van der Waals surface area contributed by atoms with Gasteiger partial charge in [-0.1, -0.05) is 48.0 Å². The summed E-state index contributed by atoms with van der Waals surface area (Å²) in [5.41, 5.74) is 1.24. The summed E-state index contributed by atoms with van der Waals surface area (Å²) < 4.78 is 0. The number of carbonyl (C=O) groups excluding carboxylic acids is 1. The van der Waals surface area contributed by atoms with Crippen LogP contribution in [0.5, 0.6) is 0 Å². The van der Waals surface area contributed by atoms with Gasteiger partial charge in [-0.05, 0) is 12.1 Å². The van der Waals surface area contributed by atoms with Crippen molar-refractivity contribution in [1.29, 1.82) is 0 Å². The zero-order chi connectivity index (χ0) is 16.3. The Morgan fingerprint density at radius 2 is 1.82 bits per heavy atom. The fourth-order valence-electron chi connectivity index (χ4n) is 1.92. The summed E-state index contributed by atoms with van der Waals surface area (Å²) >= 11 is 12.3. The molecule has 0 fully saturated rings. The van der Waals surface area contributed by atoms with Crippen LogP contribution in [0.1, 0.15) is 0 Å². The molecule has 0 aliphatic heterocycles. The lowest BCUT2D eigenvalue weighted by atomic mass is 10.0. The van der Waals surface area contributed by atoms with Gasteiger partial charge in [0.05, 0.1) is 15.0 Å². The highest BCUT2D eigenvalue weighted by atomic mass is 35.5. The van der Waals surface area contributed by atoms with Crippen molar-refractivity contribution in [2.75, 3.05) is 5.32 Å². The lowest BCUT2D eigenvalue weighted by Gasteiger charge is -2.13. The maximum absolute atomic E-state index is 11.5. The third-order valence-electron chi connectivity index (χ3n) is 2.88. The number of hydrogen-bond acceptors (Lipinski definition) is 3. The van der Waals surface area contributed by atoms with E-state index >= 15 is 0 Å². The van der Waals surface area contributed by atoms with E-state index in [1.807, 2.05) is 0 Å². The number of nitrogens with one attached hydrogen (secondary N) is 1. The molecule has 7 heteroatoms. The lowest BCUT2D eigenvalue weighted by molar-refractivity contribution is -0.384. The molecule has 22 heavy (non-hydrogen) atoms. The van der Waals surface area contributed by atoms with Crippen LogP contribution in [0, 0.1) is 10.1 Å². The average Bonchev–Trinajstić information content (AvgIpc) is 2.47. The van der Waals surface area contributed by atoms with Crippen molar-refractivity contribution < 1.29 is 9.72 Å². The van der Waals surface area contributed by atoms with Crippen LogP contribution in [-0.2, 0) is 4.79 Å². The molecule has 0 aromatic heterocycles. The third kappa shape index (κ3) is 3.27. The molecule has 5 nitrogen and oxygen atoms in total. The van der Waals surface area contributed by atoms with E-state index in [1.54, 1.807) is 24.3 Å². The van der Waals surface area contributed by atoms with Crippen LogP contribution in [0.3, 0.4) is 0 Å². The molecule has 0 unspecified atom stereocenters. The zero-order valence-electron chi connectivity index (χ0n) is 11.2. The molecular formula is C15H10Cl2N2O3. The second-order valence-electron chi connectivity index (χ2n) is 4.28. The van der Waals surface area contributed by atoms with Gasteiger partial charge in [0.1, 0.15) is 0 Å². The molecule has 0 aliphatic rings. The first-order chi connectivity index (χ1) is 10.4. The van der Waals surface area contributed by atoms with Gasteiger partial charge in [0.15, 0.2) is 0 Å². The van der Waals surface area contributed by atoms with E-state index < -0.39 is 4.92 Å². The molecule has 1 amide bonds. The summed E-state index contributed by atoms with van der Waals surface area (Å²) in [5, 5.41) is 13.7. The van der Waals surface area contributed by atoms with Crippen LogP contribution < -0.4 is 5.32 Å². The van der Waals surface area contributed by atoms with Crippen LogP contribution in [-0.4, -0.2) is 10.8 Å². The number of nitro groups is 1. The first-order valence-corrected chi connectivity index (χ1v) is 6.86. The highest BCUT2D eigenvalue weighted by Gasteiger charge is 2.18. The molecule has 0 bridgehead atoms. The standard InChI is InChI=1S/C15H10Cl2N2O3/c1-2-14(20)18-13-6-4-3-5-10(13)15-11(16)7-9(19(21)22)8-12(15)17/h2-8H,1H2,(H,18,20). The van der Waals surface area contributed by atoms with Crippen molar-refractivity contribution in [2.45, 2.75) is 0 Å². The number of hydrogen-bond donors (Lipinski definition) is 1. The van der Waals surface area contributed by atoms with Gasteiger partial charge in [-0.15, -0.1) is 0 Å². The van der Waals surface area contributed by atoms with Gasteiger partial charge in [-0.2, -0.15) is 0 Å². The number of para-hydroxylation sites is 1. The fraction of sp³-hybridized carbons (Fsp3) is 0. The molecule has 0 aliphatic carbocycles. The number of nitrogens with zero attached hydrogens (tertiary/aromatic N) is 1. The highest BCUT2D eigenvalue weighted by Crippen LogP contribution is 2.40. The smallest absolute Gasteiger partial charge is 0.272 e. The van der Waals surface area contributed by atoms with Crippen molar-refractivity contribution in [1.82, 2.24) is 0 Å². The molecule has 0 atom stereocenters. The molecule has 2 aromatic carbocycles. The van der Waals surface area contributed by atoms with Crippen molar-refractivity contribution >= 4 is 40.5 Å². The molecular weight excluding hydrogens is 327 g/mol. The first-order valence-electron chi connectivity index (χ1n) is 6.10. The molecule has 0 heterocycles. The fourth-order valence-corrected chi connectivity index (χ4v) is 2.60. The minimum Gasteiger partial charge on any atom is -0.322 e. The number of non-ortho nitro benzene ring substituents is 1. The average molecular weight is 337 g/mol. The Hall–Kier alpha value is -2.37. The maximum atomic E-state index is 11.5. The van der Waals surface area contributed by atoms with Crippen LogP contribution in [0.4, 0.5) is 11.4 Å². The Bertz CT molecular complexity index is 752. The third-order valence-corrected chi connectivity index (χ3v) is 3.47. The number of amides is 1. The molecule has 0 saturated heterocycles. The second-order valence-corrected chi connectivity index (χ2v) is 5.09. The predicted octanol–water partition coefficient (Wildman–Crippen LogP) is 4.69. The lowest BCUT2D eigenvalue weighted by Crippen LogP contribution is -2.08. The molecule has 112 valence electrons. The monoisotopic (exact) mass is 336 g/mol. The van der Waals surface area contributed by atoms with Gasteiger partial charge in [0, 0.05) is 28.9 Å². The Morgan fingerprint density at radius 1 is 1.23 bits per heavy atom. The van der Waals surface area contributed by atoms with Crippen LogP contribution in [0.15, 0.2) is 49.1 Å². The predicted molar refractivity (Wildman–Crippen MR) is 87.4 cm³/mol. The maximum Gasteiger partial charge on any atom is 0.272 e. The van der Waals surface area contributed by atoms with Crippen LogP contribution >= 0.6 is 23.2 Å². The van der Waals surface area contributed by atoms with E-state index in [0.29, 0.717) is 16.8 Å². The molecule has 1 N–H and O–H groups in total. The summed E-state index contributed by atoms with van der Waals surface area (Å²) in [5.74, 6) is -0.387. The number of anilines is 1. The highest BCUT2D eigenvalue weighted by molar-refractivity contribution is 6.39. The molecule has 0 saturated carbocycles. The largest absolute Gasteiger partial charge is 0.322 e. The van der Waals surface area contributed by atoms with E-state index in [-0.39, 0.29) is 21.6 Å². The summed E-state index contributed by atoms with van der Waals surface area (Å²) in [7, 11) is 0. The van der Waals surface area contributed by atoms with Crippen molar-refractivity contribution in [3.63, 3.8) is 0 Å². The Morgan fingerprint density at radius 3 is 2.36 bits per heavy atom. The topological polar surface area (TPSA) is 72.2 Å². The van der Waals surface area contributed by atoms with Gasteiger partial charge in [0.25, 0.3) is 5.69 Å². The van der Waals surface area contributed by atoms with Gasteiger partial charge in [-0.3, -0.25) is 14.9 Å². The van der Waals surface area contributed by atoms with Gasteiger partial charge < -0.3 is 5.32 Å². The van der Waals surface area contributed by atoms with Gasteiger partial charge in [0.2, 0.25) is 5.91 Å². The number of halogens is 2. The Kier molecular flexibility index (Phi) is 4.80. The molecule has 2 aromatic rings. The number of rotatable bonds is 4. The normalized spacial score (nSPS) is 10.1. The van der Waals surface area contributed by atoms with Crippen LogP contribution in [0.25, 0.3) is 11.1 Å². The van der Waals surface area contributed by atoms with E-state index in [1.165, 1.54) is 12.1 Å². The van der Waals surface area contributed by atoms with E-state index in [9.17, 15) is 14.9 Å². The van der Waals surface area contributed by atoms with Gasteiger partial charge in [-0.25, -0.2) is 0 Å². The van der Waals surface area contributed by atoms with E-state index in [2.05, 4.69) is 11.9 Å². The van der Waals surface area contributed by atoms with Crippen LogP contribution in [0.2, 0.25) is 10.0 Å². The quantitative estimate of drug-likeness (QED) is 0.500. The van der Waals surface area contributed by atoms with Crippen molar-refractivity contribution in [3.05, 3.63) is 69.2 Å². The molecule has 0 spiro atoms. The molecule has 0 radical (unpaired) electrons. The molecule has 2 rings (SSSR count). The van der Waals surface area contributed by atoms with Crippen molar-refractivity contribution in [2.24, 2.45) is 0 Å². The summed E-state index contributed by atoms with van der Waals surface area (Å²) in [4.78, 5) is 21.7. The van der Waals surface area contributed by atoms with Gasteiger partial charge >= 0.3 is 0 Å². The SMILES string of the molecule is C=CC(=O)Nc1ccccc1-c1c(Cl)cc([N+](=O)[O-])cc1Cl. The number of nitro benzene ring substituents is 1. The minimum absolute atomic E-state index is 0.125. The zero-order valence-corrected chi connectivity index (χ0v) is 12.7. The van der Waals surface area contributed by atoms with E-state index in [4.69, 9.17) is 23.2 Å². The number of carbonyl (C=O) groups is 1. The van der Waals surface area contributed by atoms with E-state index in [0.717, 1.165) is 6.08 Å². The first kappa shape index (κ1) is 16.0. The Labute approximate surface area is 136 Å². The minimum atomic E-state index is -0.576.